The minimum Gasteiger partial charge on any atom is -0.468 e. The van der Waals surface area contributed by atoms with Crippen LogP contribution in [0.4, 0.5) is 13.2 Å². The molecule has 1 saturated carbocycles. The number of rotatable bonds is 3. The van der Waals surface area contributed by atoms with Gasteiger partial charge >= 0.3 is 18.1 Å². The van der Waals surface area contributed by atoms with Gasteiger partial charge in [-0.05, 0) is 23.3 Å². The quantitative estimate of drug-likeness (QED) is 0.636. The van der Waals surface area contributed by atoms with E-state index in [1.54, 1.807) is 0 Å². The second kappa shape index (κ2) is 5.47. The molecule has 0 aliphatic heterocycles. The number of halogens is 3. The lowest BCUT2D eigenvalue weighted by Crippen LogP contribution is -2.28. The highest BCUT2D eigenvalue weighted by atomic mass is 19.4. The average Bonchev–Trinajstić information content (AvgIpc) is 3.20. The maximum Gasteiger partial charge on any atom is 0.416 e. The van der Waals surface area contributed by atoms with E-state index in [2.05, 4.69) is 9.47 Å². The van der Waals surface area contributed by atoms with E-state index in [-0.39, 0.29) is 6.42 Å². The van der Waals surface area contributed by atoms with Crippen molar-refractivity contribution in [3.05, 3.63) is 41.0 Å². The van der Waals surface area contributed by atoms with Gasteiger partial charge in [-0.3, -0.25) is 9.59 Å². The van der Waals surface area contributed by atoms with Crippen LogP contribution in [0.25, 0.3) is 6.08 Å². The Morgan fingerprint density at radius 3 is 2.00 bits per heavy atom. The van der Waals surface area contributed by atoms with Crippen LogP contribution >= 0.6 is 0 Å². The molecule has 0 bridgehead atoms. The molecule has 0 unspecified atom stereocenters. The molecule has 22 heavy (non-hydrogen) atoms. The topological polar surface area (TPSA) is 52.6 Å². The molecule has 1 aromatic rings. The Morgan fingerprint density at radius 2 is 1.59 bits per heavy atom. The Bertz CT molecular complexity index is 613. The molecule has 0 radical (unpaired) electrons. The van der Waals surface area contributed by atoms with Gasteiger partial charge in [0.15, 0.2) is 5.41 Å². The summed E-state index contributed by atoms with van der Waals surface area (Å²) in [5, 5.41) is 0. The van der Waals surface area contributed by atoms with Crippen molar-refractivity contribution in [1.29, 1.82) is 0 Å². The second-order valence-corrected chi connectivity index (χ2v) is 4.85. The summed E-state index contributed by atoms with van der Waals surface area (Å²) in [6.45, 7) is 0. The number of carbonyl (C=O) groups excluding carboxylic acids is 2. The zero-order valence-corrected chi connectivity index (χ0v) is 11.9. The predicted octanol–water partition coefficient (Wildman–Crippen LogP) is 2.82. The third-order valence-electron chi connectivity index (χ3n) is 3.53. The molecule has 4 nitrogen and oxygen atoms in total. The highest BCUT2D eigenvalue weighted by Gasteiger charge is 2.64. The van der Waals surface area contributed by atoms with Crippen LogP contribution in [0, 0.1) is 5.41 Å². The smallest absolute Gasteiger partial charge is 0.416 e. The molecule has 1 aliphatic carbocycles. The lowest BCUT2D eigenvalue weighted by molar-refractivity contribution is -0.160. The molecule has 0 spiro atoms. The van der Waals surface area contributed by atoms with Gasteiger partial charge in [-0.25, -0.2) is 0 Å². The highest BCUT2D eigenvalue weighted by Crippen LogP contribution is 2.54. The third kappa shape index (κ3) is 2.70. The molecule has 1 fully saturated rings. The molecule has 0 aromatic heterocycles. The van der Waals surface area contributed by atoms with Gasteiger partial charge in [0.05, 0.1) is 19.8 Å². The van der Waals surface area contributed by atoms with E-state index in [4.69, 9.17) is 0 Å². The van der Waals surface area contributed by atoms with Gasteiger partial charge in [0.1, 0.15) is 0 Å². The molecule has 0 saturated heterocycles. The van der Waals surface area contributed by atoms with E-state index in [0.717, 1.165) is 26.4 Å². The van der Waals surface area contributed by atoms with E-state index in [0.29, 0.717) is 11.1 Å². The number of hydrogen-bond donors (Lipinski definition) is 0. The minimum absolute atomic E-state index is 0.132. The fourth-order valence-corrected chi connectivity index (χ4v) is 2.22. The third-order valence-corrected chi connectivity index (χ3v) is 3.53. The summed E-state index contributed by atoms with van der Waals surface area (Å²) in [4.78, 5) is 23.5. The molecule has 0 heterocycles. The zero-order valence-electron chi connectivity index (χ0n) is 11.9. The van der Waals surface area contributed by atoms with Crippen molar-refractivity contribution in [1.82, 2.24) is 0 Å². The van der Waals surface area contributed by atoms with Crippen LogP contribution in [0.3, 0.4) is 0 Å². The Labute approximate surface area is 124 Å². The molecule has 7 heteroatoms. The summed E-state index contributed by atoms with van der Waals surface area (Å²) < 4.78 is 46.7. The fourth-order valence-electron chi connectivity index (χ4n) is 2.22. The largest absolute Gasteiger partial charge is 0.468 e. The summed E-state index contributed by atoms with van der Waals surface area (Å²) >= 11 is 0. The van der Waals surface area contributed by atoms with Gasteiger partial charge in [0, 0.05) is 6.42 Å². The number of ether oxygens (including phenoxy) is 2. The number of alkyl halides is 3. The Balaban J connectivity index is 2.27. The predicted molar refractivity (Wildman–Crippen MR) is 70.5 cm³/mol. The van der Waals surface area contributed by atoms with Crippen LogP contribution in [0.2, 0.25) is 0 Å². The Kier molecular flexibility index (Phi) is 4.00. The van der Waals surface area contributed by atoms with Crippen LogP contribution in [0.5, 0.6) is 0 Å². The molecular weight excluding hydrogens is 301 g/mol. The van der Waals surface area contributed by atoms with Crippen molar-refractivity contribution in [3.63, 3.8) is 0 Å². The van der Waals surface area contributed by atoms with Gasteiger partial charge in [-0.2, -0.15) is 13.2 Å². The summed E-state index contributed by atoms with van der Waals surface area (Å²) in [7, 11) is 2.31. The van der Waals surface area contributed by atoms with Gasteiger partial charge < -0.3 is 9.47 Å². The number of hydrogen-bond acceptors (Lipinski definition) is 4. The maximum absolute atomic E-state index is 12.5. The van der Waals surface area contributed by atoms with Crippen LogP contribution in [0.1, 0.15) is 17.5 Å². The van der Waals surface area contributed by atoms with E-state index < -0.39 is 29.1 Å². The molecule has 1 aromatic carbocycles. The van der Waals surface area contributed by atoms with Crippen LogP contribution in [-0.2, 0) is 25.2 Å². The van der Waals surface area contributed by atoms with Gasteiger partial charge in [0.25, 0.3) is 0 Å². The van der Waals surface area contributed by atoms with Gasteiger partial charge in [-0.15, -0.1) is 0 Å². The van der Waals surface area contributed by atoms with E-state index in [1.165, 1.54) is 18.2 Å². The van der Waals surface area contributed by atoms with Crippen LogP contribution in [-0.4, -0.2) is 26.2 Å². The maximum atomic E-state index is 12.5. The summed E-state index contributed by atoms with van der Waals surface area (Å²) in [6.07, 6.45) is -2.78. The van der Waals surface area contributed by atoms with Crippen LogP contribution in [0.15, 0.2) is 29.8 Å². The summed E-state index contributed by atoms with van der Waals surface area (Å²) in [5.41, 5.74) is -1.33. The minimum atomic E-state index is -4.41. The van der Waals surface area contributed by atoms with Crippen molar-refractivity contribution in [3.8, 4) is 0 Å². The first-order valence-electron chi connectivity index (χ1n) is 6.31. The molecule has 0 amide bonds. The SMILES string of the molecule is COC(=O)C1(C(=O)OC)C/C1=C\c1ccc(C(F)(F)F)cc1. The lowest BCUT2D eigenvalue weighted by Gasteiger charge is -2.09. The molecule has 1 aliphatic rings. The van der Waals surface area contributed by atoms with Crippen molar-refractivity contribution in [2.24, 2.45) is 5.41 Å². The van der Waals surface area contributed by atoms with E-state index >= 15 is 0 Å². The van der Waals surface area contributed by atoms with Gasteiger partial charge in [0.2, 0.25) is 0 Å². The number of carbonyl (C=O) groups is 2. The second-order valence-electron chi connectivity index (χ2n) is 4.85. The first-order valence-corrected chi connectivity index (χ1v) is 6.31. The lowest BCUT2D eigenvalue weighted by atomic mass is 10.0. The molecule has 0 N–H and O–H groups in total. The fraction of sp³-hybridized carbons (Fsp3) is 0.333. The molecular formula is C15H13F3O4. The number of esters is 2. The number of methoxy groups -OCH3 is 2. The molecule has 0 atom stereocenters. The standard InChI is InChI=1S/C15H13F3O4/c1-21-12(19)14(13(20)22-2)8-11(14)7-9-3-5-10(6-4-9)15(16,17)18/h3-7H,8H2,1-2H3/b11-7+. The van der Waals surface area contributed by atoms with Crippen molar-refractivity contribution < 1.29 is 32.2 Å². The number of benzene rings is 1. The normalized spacial score (nSPS) is 18.0. The highest BCUT2D eigenvalue weighted by molar-refractivity contribution is 6.10. The van der Waals surface area contributed by atoms with E-state index in [1.807, 2.05) is 0 Å². The van der Waals surface area contributed by atoms with Crippen molar-refractivity contribution in [2.45, 2.75) is 12.6 Å². The van der Waals surface area contributed by atoms with E-state index in [9.17, 15) is 22.8 Å². The summed E-state index contributed by atoms with van der Waals surface area (Å²) in [5.74, 6) is -1.48. The first-order chi connectivity index (χ1) is 10.3. The Hall–Kier alpha value is -2.31. The van der Waals surface area contributed by atoms with Crippen LogP contribution < -0.4 is 0 Å². The van der Waals surface area contributed by atoms with Crippen molar-refractivity contribution in [2.75, 3.05) is 14.2 Å². The molecule has 2 rings (SSSR count). The average molecular weight is 314 g/mol. The zero-order chi connectivity index (χ0) is 16.5. The Morgan fingerprint density at radius 1 is 1.09 bits per heavy atom. The van der Waals surface area contributed by atoms with Crippen molar-refractivity contribution >= 4 is 18.0 Å². The summed E-state index contributed by atoms with van der Waals surface area (Å²) in [6, 6.07) is 4.42. The molecule has 118 valence electrons. The monoisotopic (exact) mass is 314 g/mol. The van der Waals surface area contributed by atoms with Gasteiger partial charge in [-0.1, -0.05) is 18.2 Å². The first kappa shape index (κ1) is 16.1.